The van der Waals surface area contributed by atoms with Crippen LogP contribution in [0.25, 0.3) is 0 Å². The molecule has 2 aromatic rings. The highest BCUT2D eigenvalue weighted by molar-refractivity contribution is 14.1. The molecule has 0 spiro atoms. The lowest BCUT2D eigenvalue weighted by Gasteiger charge is -2.05. The molecule has 1 aromatic heterocycles. The smallest absolute Gasteiger partial charge is 0.171 e. The third-order valence-electron chi connectivity index (χ3n) is 1.93. The Bertz CT molecular complexity index is 548. The van der Waals surface area contributed by atoms with Crippen molar-refractivity contribution in [2.75, 3.05) is 5.32 Å². The summed E-state index contributed by atoms with van der Waals surface area (Å²) in [5.41, 5.74) is 1.37. The summed E-state index contributed by atoms with van der Waals surface area (Å²) in [5, 5.41) is 19.6. The first-order valence-corrected chi connectivity index (χ1v) is 5.62. The van der Waals surface area contributed by atoms with Crippen LogP contribution in [0.15, 0.2) is 36.5 Å². The fourth-order valence-corrected chi connectivity index (χ4v) is 1.76. The quantitative estimate of drug-likeness (QED) is 0.864. The minimum Gasteiger partial charge on any atom is -0.338 e. The Morgan fingerprint density at radius 1 is 1.31 bits per heavy atom. The van der Waals surface area contributed by atoms with Crippen molar-refractivity contribution in [3.63, 3.8) is 0 Å². The molecule has 0 amide bonds. The van der Waals surface area contributed by atoms with E-state index in [-0.39, 0.29) is 0 Å². The van der Waals surface area contributed by atoms with Crippen molar-refractivity contribution in [3.8, 4) is 6.07 Å². The van der Waals surface area contributed by atoms with Crippen LogP contribution in [0.1, 0.15) is 5.56 Å². The zero-order valence-corrected chi connectivity index (χ0v) is 10.3. The summed E-state index contributed by atoms with van der Waals surface area (Å²) in [7, 11) is 0. The van der Waals surface area contributed by atoms with E-state index in [1.165, 1.54) is 6.20 Å². The first-order chi connectivity index (χ1) is 7.79. The fourth-order valence-electron chi connectivity index (χ4n) is 1.22. The third kappa shape index (κ3) is 2.46. The van der Waals surface area contributed by atoms with Crippen LogP contribution >= 0.6 is 22.6 Å². The van der Waals surface area contributed by atoms with Gasteiger partial charge in [0.25, 0.3) is 0 Å². The summed E-state index contributed by atoms with van der Waals surface area (Å²) < 4.78 is 1.12. The number of hydrogen-bond donors (Lipinski definition) is 1. The van der Waals surface area contributed by atoms with Crippen LogP contribution in [-0.2, 0) is 0 Å². The topological polar surface area (TPSA) is 61.6 Å². The van der Waals surface area contributed by atoms with Gasteiger partial charge < -0.3 is 5.32 Å². The summed E-state index contributed by atoms with van der Waals surface area (Å²) in [6.07, 6.45) is 1.50. The van der Waals surface area contributed by atoms with E-state index in [9.17, 15) is 0 Å². The van der Waals surface area contributed by atoms with E-state index in [2.05, 4.69) is 44.2 Å². The Morgan fingerprint density at radius 2 is 2.19 bits per heavy atom. The van der Waals surface area contributed by atoms with Crippen molar-refractivity contribution in [1.29, 1.82) is 5.26 Å². The molecule has 0 unspecified atom stereocenters. The lowest BCUT2D eigenvalue weighted by molar-refractivity contribution is 1.03. The molecule has 0 saturated carbocycles. The Kier molecular flexibility index (Phi) is 3.31. The van der Waals surface area contributed by atoms with Crippen LogP contribution in [0.5, 0.6) is 0 Å². The van der Waals surface area contributed by atoms with Gasteiger partial charge in [0.05, 0.1) is 11.8 Å². The number of hydrogen-bond acceptors (Lipinski definition) is 4. The van der Waals surface area contributed by atoms with Gasteiger partial charge in [-0.05, 0) is 46.9 Å². The maximum absolute atomic E-state index is 8.89. The average Bonchev–Trinajstić information content (AvgIpc) is 2.30. The van der Waals surface area contributed by atoms with Gasteiger partial charge in [-0.2, -0.15) is 10.4 Å². The molecular formula is C11H7IN4. The molecule has 0 atom stereocenters. The maximum Gasteiger partial charge on any atom is 0.171 e. The summed E-state index contributed by atoms with van der Waals surface area (Å²) in [4.78, 5) is 0. The van der Waals surface area contributed by atoms with Crippen LogP contribution in [0, 0.1) is 14.9 Å². The monoisotopic (exact) mass is 322 g/mol. The molecule has 0 aliphatic heterocycles. The molecule has 2 rings (SSSR count). The zero-order chi connectivity index (χ0) is 11.4. The van der Waals surface area contributed by atoms with Crippen LogP contribution in [0.3, 0.4) is 0 Å². The molecule has 0 bridgehead atoms. The molecule has 5 heteroatoms. The minimum atomic E-state index is 0.479. The van der Waals surface area contributed by atoms with Gasteiger partial charge in [-0.3, -0.25) is 0 Å². The van der Waals surface area contributed by atoms with E-state index >= 15 is 0 Å². The van der Waals surface area contributed by atoms with Crippen LogP contribution in [0.4, 0.5) is 11.5 Å². The Labute approximate surface area is 106 Å². The van der Waals surface area contributed by atoms with E-state index < -0.39 is 0 Å². The number of nitrogens with zero attached hydrogens (tertiary/aromatic N) is 3. The number of halogens is 1. The zero-order valence-electron chi connectivity index (χ0n) is 8.18. The number of benzene rings is 1. The van der Waals surface area contributed by atoms with Crippen molar-refractivity contribution in [3.05, 3.63) is 45.7 Å². The Balaban J connectivity index is 2.31. The summed E-state index contributed by atoms with van der Waals surface area (Å²) >= 11 is 2.23. The molecule has 78 valence electrons. The lowest BCUT2D eigenvalue weighted by atomic mass is 10.3. The predicted octanol–water partition coefficient (Wildman–Crippen LogP) is 2.70. The molecule has 4 nitrogen and oxygen atoms in total. The van der Waals surface area contributed by atoms with Gasteiger partial charge >= 0.3 is 0 Å². The number of nitrogens with one attached hydrogen (secondary N) is 1. The van der Waals surface area contributed by atoms with Gasteiger partial charge in [-0.15, -0.1) is 5.10 Å². The molecule has 0 fully saturated rings. The number of anilines is 2. The first kappa shape index (κ1) is 10.8. The van der Waals surface area contributed by atoms with Gasteiger partial charge in [0.15, 0.2) is 5.82 Å². The van der Waals surface area contributed by atoms with Gasteiger partial charge in [0.2, 0.25) is 0 Å². The van der Waals surface area contributed by atoms with E-state index in [4.69, 9.17) is 5.26 Å². The average molecular weight is 322 g/mol. The van der Waals surface area contributed by atoms with E-state index in [1.54, 1.807) is 6.07 Å². The minimum absolute atomic E-state index is 0.479. The normalized spacial score (nSPS) is 9.50. The molecule has 16 heavy (non-hydrogen) atoms. The highest BCUT2D eigenvalue weighted by Gasteiger charge is 2.03. The van der Waals surface area contributed by atoms with Crippen LogP contribution in [0.2, 0.25) is 0 Å². The largest absolute Gasteiger partial charge is 0.338 e. The molecular weight excluding hydrogens is 315 g/mol. The molecule has 0 aliphatic carbocycles. The number of rotatable bonds is 2. The van der Waals surface area contributed by atoms with Crippen molar-refractivity contribution >= 4 is 34.1 Å². The predicted molar refractivity (Wildman–Crippen MR) is 69.2 cm³/mol. The molecule has 0 aliphatic rings. The van der Waals surface area contributed by atoms with Crippen molar-refractivity contribution < 1.29 is 0 Å². The molecule has 1 aromatic carbocycles. The number of aromatic nitrogens is 2. The fraction of sp³-hybridized carbons (Fsp3) is 0. The van der Waals surface area contributed by atoms with Gasteiger partial charge in [-0.1, -0.05) is 6.07 Å². The second-order valence-electron chi connectivity index (χ2n) is 3.04. The van der Waals surface area contributed by atoms with E-state index in [0.717, 1.165) is 9.26 Å². The van der Waals surface area contributed by atoms with Gasteiger partial charge in [0.1, 0.15) is 6.07 Å². The highest BCUT2D eigenvalue weighted by atomic mass is 127. The maximum atomic E-state index is 8.89. The molecule has 0 saturated heterocycles. The Hall–Kier alpha value is -1.68. The van der Waals surface area contributed by atoms with Gasteiger partial charge in [0, 0.05) is 9.26 Å². The standard InChI is InChI=1S/C11H7IN4/c12-9-2-1-3-10(6-9)15-11-8(7-13)4-5-14-16-11/h1-6H,(H,15,16). The van der Waals surface area contributed by atoms with Crippen molar-refractivity contribution in [2.24, 2.45) is 0 Å². The summed E-state index contributed by atoms with van der Waals surface area (Å²) in [6.45, 7) is 0. The highest BCUT2D eigenvalue weighted by Crippen LogP contribution is 2.18. The second kappa shape index (κ2) is 4.90. The SMILES string of the molecule is N#Cc1ccnnc1Nc1cccc(I)c1. The first-order valence-electron chi connectivity index (χ1n) is 4.54. The Morgan fingerprint density at radius 3 is 2.94 bits per heavy atom. The summed E-state index contributed by atoms with van der Waals surface area (Å²) in [5.74, 6) is 0.479. The van der Waals surface area contributed by atoms with E-state index in [1.807, 2.05) is 24.3 Å². The molecule has 1 N–H and O–H groups in total. The number of nitriles is 1. The molecule has 0 radical (unpaired) electrons. The van der Waals surface area contributed by atoms with Gasteiger partial charge in [-0.25, -0.2) is 0 Å². The summed E-state index contributed by atoms with van der Waals surface area (Å²) in [6, 6.07) is 11.5. The van der Waals surface area contributed by atoms with Crippen molar-refractivity contribution in [2.45, 2.75) is 0 Å². The van der Waals surface area contributed by atoms with Crippen LogP contribution < -0.4 is 5.32 Å². The lowest BCUT2D eigenvalue weighted by Crippen LogP contribution is -1.98. The van der Waals surface area contributed by atoms with Crippen LogP contribution in [-0.4, -0.2) is 10.2 Å². The third-order valence-corrected chi connectivity index (χ3v) is 2.60. The van der Waals surface area contributed by atoms with Crippen molar-refractivity contribution in [1.82, 2.24) is 10.2 Å². The molecule has 1 heterocycles. The van der Waals surface area contributed by atoms with E-state index in [0.29, 0.717) is 11.4 Å². The second-order valence-corrected chi connectivity index (χ2v) is 4.29.